The number of carbonyl (C=O) groups is 1. The van der Waals surface area contributed by atoms with Gasteiger partial charge in [-0.3, -0.25) is 4.79 Å². The maximum Gasteiger partial charge on any atom is 0.256 e. The molecule has 2 N–H and O–H groups in total. The molecule has 1 aliphatic rings. The van der Waals surface area contributed by atoms with E-state index in [9.17, 15) is 4.79 Å². The van der Waals surface area contributed by atoms with Gasteiger partial charge in [-0.05, 0) is 37.8 Å². The van der Waals surface area contributed by atoms with Gasteiger partial charge in [-0.2, -0.15) is 0 Å². The van der Waals surface area contributed by atoms with Gasteiger partial charge in [-0.25, -0.2) is 0 Å². The van der Waals surface area contributed by atoms with Gasteiger partial charge in [0, 0.05) is 18.3 Å². The first kappa shape index (κ1) is 14.9. The van der Waals surface area contributed by atoms with Crippen LogP contribution in [0.15, 0.2) is 18.2 Å². The Labute approximate surface area is 122 Å². The van der Waals surface area contributed by atoms with E-state index < -0.39 is 0 Å². The fourth-order valence-electron chi connectivity index (χ4n) is 3.02. The largest absolute Gasteiger partial charge is 0.398 e. The van der Waals surface area contributed by atoms with Crippen LogP contribution in [0.25, 0.3) is 0 Å². The second-order valence-corrected chi connectivity index (χ2v) is 6.38. The molecule has 0 aliphatic heterocycles. The molecule has 0 aromatic heterocycles. The molecule has 0 unspecified atom stereocenters. The van der Waals surface area contributed by atoms with E-state index in [4.69, 9.17) is 5.73 Å². The summed E-state index contributed by atoms with van der Waals surface area (Å²) in [7, 11) is 0. The number of rotatable bonds is 4. The molecule has 0 heterocycles. The number of hydrogen-bond acceptors (Lipinski definition) is 2. The monoisotopic (exact) mass is 274 g/mol. The number of carbonyl (C=O) groups excluding carboxylic acids is 1. The topological polar surface area (TPSA) is 46.3 Å². The summed E-state index contributed by atoms with van der Waals surface area (Å²) in [5.74, 6) is 0.581. The van der Waals surface area contributed by atoms with Gasteiger partial charge in [0.05, 0.1) is 5.56 Å². The molecule has 1 saturated carbocycles. The molecule has 3 nitrogen and oxygen atoms in total. The van der Waals surface area contributed by atoms with Crippen molar-refractivity contribution in [3.63, 3.8) is 0 Å². The number of nitrogens with zero attached hydrogens (tertiary/aromatic N) is 1. The van der Waals surface area contributed by atoms with Gasteiger partial charge in [0.1, 0.15) is 0 Å². The zero-order valence-electron chi connectivity index (χ0n) is 12.9. The van der Waals surface area contributed by atoms with Crippen molar-refractivity contribution < 1.29 is 4.79 Å². The van der Waals surface area contributed by atoms with Gasteiger partial charge in [0.25, 0.3) is 5.91 Å². The minimum atomic E-state index is 0.104. The van der Waals surface area contributed by atoms with Gasteiger partial charge in [0.2, 0.25) is 0 Å². The molecular formula is C17H26N2O. The highest BCUT2D eigenvalue weighted by atomic mass is 16.2. The van der Waals surface area contributed by atoms with E-state index in [1.807, 2.05) is 25.1 Å². The molecule has 1 aromatic carbocycles. The average Bonchev–Trinajstić information content (AvgIpc) is 2.91. The Hall–Kier alpha value is -1.51. The molecule has 0 spiro atoms. The summed E-state index contributed by atoms with van der Waals surface area (Å²) in [5.41, 5.74) is 8.35. The maximum atomic E-state index is 12.9. The summed E-state index contributed by atoms with van der Waals surface area (Å²) in [5, 5.41) is 0. The van der Waals surface area contributed by atoms with Crippen molar-refractivity contribution >= 4 is 11.6 Å². The first-order valence-corrected chi connectivity index (χ1v) is 7.66. The quantitative estimate of drug-likeness (QED) is 0.852. The van der Waals surface area contributed by atoms with Crippen LogP contribution in [0.4, 0.5) is 5.69 Å². The van der Waals surface area contributed by atoms with E-state index in [2.05, 4.69) is 18.7 Å². The second kappa shape index (κ2) is 6.29. The molecule has 1 fully saturated rings. The molecule has 1 aromatic rings. The molecule has 1 amide bonds. The Morgan fingerprint density at radius 3 is 2.60 bits per heavy atom. The first-order valence-electron chi connectivity index (χ1n) is 7.66. The number of hydrogen-bond donors (Lipinski definition) is 1. The van der Waals surface area contributed by atoms with Gasteiger partial charge in [-0.15, -0.1) is 0 Å². The lowest BCUT2D eigenvalue weighted by Crippen LogP contribution is -2.41. The van der Waals surface area contributed by atoms with Crippen molar-refractivity contribution in [2.24, 2.45) is 5.92 Å². The summed E-state index contributed by atoms with van der Waals surface area (Å²) < 4.78 is 0. The lowest BCUT2D eigenvalue weighted by Gasteiger charge is -2.31. The molecule has 2 rings (SSSR count). The van der Waals surface area contributed by atoms with Crippen LogP contribution in [0.2, 0.25) is 0 Å². The fourth-order valence-corrected chi connectivity index (χ4v) is 3.02. The van der Waals surface area contributed by atoms with Crippen LogP contribution in [0.5, 0.6) is 0 Å². The van der Waals surface area contributed by atoms with Gasteiger partial charge in [0.15, 0.2) is 0 Å². The maximum absolute atomic E-state index is 12.9. The number of benzene rings is 1. The van der Waals surface area contributed by atoms with Gasteiger partial charge >= 0.3 is 0 Å². The molecule has 3 heteroatoms. The Bertz CT molecular complexity index is 476. The van der Waals surface area contributed by atoms with Crippen LogP contribution in [0.1, 0.15) is 55.5 Å². The van der Waals surface area contributed by atoms with Crippen molar-refractivity contribution in [2.75, 3.05) is 12.3 Å². The van der Waals surface area contributed by atoms with E-state index in [0.29, 0.717) is 23.2 Å². The predicted molar refractivity (Wildman–Crippen MR) is 83.7 cm³/mol. The van der Waals surface area contributed by atoms with Crippen LogP contribution in [0.3, 0.4) is 0 Å². The number of amides is 1. The first-order chi connectivity index (χ1) is 9.49. The van der Waals surface area contributed by atoms with E-state index in [1.54, 1.807) is 0 Å². The smallest absolute Gasteiger partial charge is 0.256 e. The van der Waals surface area contributed by atoms with Crippen molar-refractivity contribution in [3.8, 4) is 0 Å². The van der Waals surface area contributed by atoms with Crippen LogP contribution in [0, 0.1) is 12.8 Å². The fraction of sp³-hybridized carbons (Fsp3) is 0.588. The molecule has 0 atom stereocenters. The zero-order chi connectivity index (χ0) is 14.7. The van der Waals surface area contributed by atoms with E-state index in [1.165, 1.54) is 12.8 Å². The summed E-state index contributed by atoms with van der Waals surface area (Å²) in [6, 6.07) is 6.10. The second-order valence-electron chi connectivity index (χ2n) is 6.38. The number of anilines is 1. The Kier molecular flexibility index (Phi) is 4.69. The van der Waals surface area contributed by atoms with Crippen molar-refractivity contribution in [3.05, 3.63) is 29.3 Å². The third kappa shape index (κ3) is 3.33. The summed E-state index contributed by atoms with van der Waals surface area (Å²) in [4.78, 5) is 14.9. The summed E-state index contributed by atoms with van der Waals surface area (Å²) in [6.07, 6.45) is 4.72. The van der Waals surface area contributed by atoms with Crippen molar-refractivity contribution in [1.29, 1.82) is 0 Å². The molecule has 0 bridgehead atoms. The molecular weight excluding hydrogens is 248 g/mol. The Morgan fingerprint density at radius 2 is 2.00 bits per heavy atom. The van der Waals surface area contributed by atoms with E-state index in [0.717, 1.165) is 24.9 Å². The van der Waals surface area contributed by atoms with Crippen molar-refractivity contribution in [2.45, 2.75) is 52.5 Å². The highest BCUT2D eigenvalue weighted by Crippen LogP contribution is 2.27. The summed E-state index contributed by atoms with van der Waals surface area (Å²) >= 11 is 0. The van der Waals surface area contributed by atoms with Crippen LogP contribution >= 0.6 is 0 Å². The van der Waals surface area contributed by atoms with E-state index in [-0.39, 0.29) is 5.91 Å². The lowest BCUT2D eigenvalue weighted by molar-refractivity contribution is 0.0656. The Morgan fingerprint density at radius 1 is 1.35 bits per heavy atom. The van der Waals surface area contributed by atoms with Gasteiger partial charge < -0.3 is 10.6 Å². The normalized spacial score (nSPS) is 15.8. The van der Waals surface area contributed by atoms with E-state index >= 15 is 0 Å². The highest BCUT2D eigenvalue weighted by Gasteiger charge is 2.28. The molecule has 0 radical (unpaired) electrons. The molecule has 110 valence electrons. The highest BCUT2D eigenvalue weighted by molar-refractivity contribution is 5.99. The zero-order valence-corrected chi connectivity index (χ0v) is 12.9. The minimum Gasteiger partial charge on any atom is -0.398 e. The number of nitrogen functional groups attached to an aromatic ring is 1. The third-order valence-corrected chi connectivity index (χ3v) is 4.03. The Balaban J connectivity index is 2.27. The van der Waals surface area contributed by atoms with Crippen LogP contribution in [-0.2, 0) is 0 Å². The average molecular weight is 274 g/mol. The number of nitrogens with two attached hydrogens (primary N) is 1. The van der Waals surface area contributed by atoms with Crippen molar-refractivity contribution in [1.82, 2.24) is 4.90 Å². The van der Waals surface area contributed by atoms with Crippen LogP contribution in [-0.4, -0.2) is 23.4 Å². The number of aryl methyl sites for hydroxylation is 1. The van der Waals surface area contributed by atoms with Gasteiger partial charge in [-0.1, -0.05) is 38.3 Å². The minimum absolute atomic E-state index is 0.104. The molecule has 20 heavy (non-hydrogen) atoms. The standard InChI is InChI=1S/C17H26N2O/c1-12(2)11-19(14-6-4-5-7-14)17(20)15-10-13(3)8-9-16(15)18/h8-10,12,14H,4-7,11,18H2,1-3H3. The molecule has 1 aliphatic carbocycles. The lowest BCUT2D eigenvalue weighted by atomic mass is 10.0. The van der Waals surface area contributed by atoms with Crippen LogP contribution < -0.4 is 5.73 Å². The third-order valence-electron chi connectivity index (χ3n) is 4.03. The molecule has 0 saturated heterocycles. The SMILES string of the molecule is Cc1ccc(N)c(C(=O)N(CC(C)C)C2CCCC2)c1. The summed E-state index contributed by atoms with van der Waals surface area (Å²) in [6.45, 7) is 7.14. The predicted octanol–water partition coefficient (Wildman–Crippen LogP) is 3.62.